The van der Waals surface area contributed by atoms with E-state index in [2.05, 4.69) is 32.8 Å². The highest BCUT2D eigenvalue weighted by Gasteiger charge is 2.35. The standard InChI is InChI=1S/C10H21NO2/c1-7-6-9(11(3)4)10(12-5)8(2)13-7/h7-10H,6H2,1-5H3/t7-,8+,9+,10+/m1/s1. The van der Waals surface area contributed by atoms with Crippen LogP contribution < -0.4 is 0 Å². The maximum atomic E-state index is 5.72. The van der Waals surface area contributed by atoms with Crippen molar-refractivity contribution < 1.29 is 9.47 Å². The van der Waals surface area contributed by atoms with Crippen molar-refractivity contribution in [3.05, 3.63) is 0 Å². The van der Waals surface area contributed by atoms with Crippen molar-refractivity contribution in [2.75, 3.05) is 21.2 Å². The van der Waals surface area contributed by atoms with Crippen molar-refractivity contribution in [3.8, 4) is 0 Å². The van der Waals surface area contributed by atoms with E-state index in [0.717, 1.165) is 6.42 Å². The highest BCUT2D eigenvalue weighted by Crippen LogP contribution is 2.24. The summed E-state index contributed by atoms with van der Waals surface area (Å²) in [6.45, 7) is 4.21. The molecule has 0 aromatic rings. The SMILES string of the molecule is CO[C@H]1[C@H](C)O[C@H](C)C[C@@H]1N(C)C. The van der Waals surface area contributed by atoms with Crippen LogP contribution in [0.15, 0.2) is 0 Å². The van der Waals surface area contributed by atoms with Crippen LogP contribution in [0.3, 0.4) is 0 Å². The molecule has 1 aliphatic heterocycles. The Labute approximate surface area is 81.0 Å². The fourth-order valence-corrected chi connectivity index (χ4v) is 2.14. The first-order chi connectivity index (χ1) is 6.06. The van der Waals surface area contributed by atoms with Crippen LogP contribution in [-0.4, -0.2) is 50.5 Å². The molecule has 1 saturated heterocycles. The molecule has 0 saturated carbocycles. The summed E-state index contributed by atoms with van der Waals surface area (Å²) < 4.78 is 11.2. The molecule has 0 radical (unpaired) electrons. The molecule has 0 amide bonds. The van der Waals surface area contributed by atoms with E-state index in [1.54, 1.807) is 7.11 Å². The van der Waals surface area contributed by atoms with Gasteiger partial charge in [-0.05, 0) is 34.4 Å². The summed E-state index contributed by atoms with van der Waals surface area (Å²) in [6.07, 6.45) is 1.79. The lowest BCUT2D eigenvalue weighted by Gasteiger charge is -2.41. The van der Waals surface area contributed by atoms with E-state index >= 15 is 0 Å². The average Bonchev–Trinajstić information content (AvgIpc) is 2.02. The lowest BCUT2D eigenvalue weighted by molar-refractivity contribution is -0.146. The number of methoxy groups -OCH3 is 1. The van der Waals surface area contributed by atoms with Crippen LogP contribution >= 0.6 is 0 Å². The average molecular weight is 187 g/mol. The third-order valence-electron chi connectivity index (χ3n) is 2.80. The minimum atomic E-state index is 0.196. The van der Waals surface area contributed by atoms with E-state index in [-0.39, 0.29) is 12.2 Å². The van der Waals surface area contributed by atoms with Crippen molar-refractivity contribution in [1.82, 2.24) is 4.90 Å². The molecule has 0 aromatic heterocycles. The number of hydrogen-bond acceptors (Lipinski definition) is 3. The predicted octanol–water partition coefficient (Wildman–Crippen LogP) is 1.13. The van der Waals surface area contributed by atoms with E-state index in [0.29, 0.717) is 12.1 Å². The number of nitrogens with zero attached hydrogens (tertiary/aromatic N) is 1. The van der Waals surface area contributed by atoms with Crippen LogP contribution in [0.2, 0.25) is 0 Å². The zero-order chi connectivity index (χ0) is 10.0. The highest BCUT2D eigenvalue weighted by molar-refractivity contribution is 4.87. The minimum absolute atomic E-state index is 0.196. The van der Waals surface area contributed by atoms with Gasteiger partial charge in [0.15, 0.2) is 0 Å². The second-order valence-electron chi connectivity index (χ2n) is 4.12. The molecule has 3 nitrogen and oxygen atoms in total. The number of hydrogen-bond donors (Lipinski definition) is 0. The van der Waals surface area contributed by atoms with Crippen LogP contribution in [-0.2, 0) is 9.47 Å². The Morgan fingerprint density at radius 1 is 1.31 bits per heavy atom. The molecule has 1 rings (SSSR count). The van der Waals surface area contributed by atoms with Gasteiger partial charge in [-0.1, -0.05) is 0 Å². The van der Waals surface area contributed by atoms with Gasteiger partial charge in [0.2, 0.25) is 0 Å². The molecule has 1 heterocycles. The quantitative estimate of drug-likeness (QED) is 0.647. The van der Waals surface area contributed by atoms with Gasteiger partial charge in [-0.3, -0.25) is 0 Å². The van der Waals surface area contributed by atoms with E-state index in [1.807, 2.05) is 0 Å². The summed E-state index contributed by atoms with van der Waals surface area (Å²) in [5, 5.41) is 0. The smallest absolute Gasteiger partial charge is 0.0985 e. The second kappa shape index (κ2) is 4.40. The fourth-order valence-electron chi connectivity index (χ4n) is 2.14. The predicted molar refractivity (Wildman–Crippen MR) is 52.9 cm³/mol. The van der Waals surface area contributed by atoms with Gasteiger partial charge in [0.05, 0.1) is 18.3 Å². The van der Waals surface area contributed by atoms with Gasteiger partial charge < -0.3 is 14.4 Å². The Balaban J connectivity index is 2.66. The first-order valence-electron chi connectivity index (χ1n) is 4.91. The molecule has 1 aliphatic rings. The summed E-state index contributed by atoms with van der Waals surface area (Å²) in [4.78, 5) is 2.23. The van der Waals surface area contributed by atoms with Crippen molar-refractivity contribution in [1.29, 1.82) is 0 Å². The van der Waals surface area contributed by atoms with Crippen molar-refractivity contribution >= 4 is 0 Å². The van der Waals surface area contributed by atoms with E-state index in [4.69, 9.17) is 9.47 Å². The first kappa shape index (κ1) is 11.0. The third kappa shape index (κ3) is 2.42. The lowest BCUT2D eigenvalue weighted by Crippen LogP contribution is -2.53. The van der Waals surface area contributed by atoms with E-state index in [1.165, 1.54) is 0 Å². The zero-order valence-electron chi connectivity index (χ0n) is 9.28. The third-order valence-corrected chi connectivity index (χ3v) is 2.80. The van der Waals surface area contributed by atoms with Gasteiger partial charge >= 0.3 is 0 Å². The Bertz CT molecular complexity index is 161. The Kier molecular flexibility index (Phi) is 3.71. The summed E-state index contributed by atoms with van der Waals surface area (Å²) in [5.41, 5.74) is 0. The van der Waals surface area contributed by atoms with Crippen molar-refractivity contribution in [3.63, 3.8) is 0 Å². The Morgan fingerprint density at radius 2 is 1.92 bits per heavy atom. The van der Waals surface area contributed by atoms with Crippen molar-refractivity contribution in [2.45, 2.75) is 44.6 Å². The van der Waals surface area contributed by atoms with Gasteiger partial charge in [0.25, 0.3) is 0 Å². The van der Waals surface area contributed by atoms with Gasteiger partial charge in [-0.25, -0.2) is 0 Å². The second-order valence-corrected chi connectivity index (χ2v) is 4.12. The molecule has 4 atom stereocenters. The zero-order valence-corrected chi connectivity index (χ0v) is 9.28. The Morgan fingerprint density at radius 3 is 2.38 bits per heavy atom. The summed E-state index contributed by atoms with van der Waals surface area (Å²) in [5.74, 6) is 0. The van der Waals surface area contributed by atoms with E-state index in [9.17, 15) is 0 Å². The molecular formula is C10H21NO2. The molecule has 0 bridgehead atoms. The topological polar surface area (TPSA) is 21.7 Å². The maximum absolute atomic E-state index is 5.72. The van der Waals surface area contributed by atoms with Crippen LogP contribution in [0.25, 0.3) is 0 Å². The van der Waals surface area contributed by atoms with Crippen LogP contribution in [0.5, 0.6) is 0 Å². The van der Waals surface area contributed by atoms with Gasteiger partial charge in [-0.15, -0.1) is 0 Å². The van der Waals surface area contributed by atoms with Gasteiger partial charge in [0, 0.05) is 13.2 Å². The fraction of sp³-hybridized carbons (Fsp3) is 1.00. The van der Waals surface area contributed by atoms with Crippen LogP contribution in [0.1, 0.15) is 20.3 Å². The Hall–Kier alpha value is -0.120. The molecule has 0 N–H and O–H groups in total. The molecule has 78 valence electrons. The first-order valence-corrected chi connectivity index (χ1v) is 4.91. The lowest BCUT2D eigenvalue weighted by atomic mass is 9.96. The molecule has 13 heavy (non-hydrogen) atoms. The normalized spacial score (nSPS) is 41.1. The molecule has 0 aromatic carbocycles. The number of ether oxygens (including phenoxy) is 2. The molecule has 0 unspecified atom stereocenters. The molecular weight excluding hydrogens is 166 g/mol. The summed E-state index contributed by atoms with van der Waals surface area (Å²) in [7, 11) is 5.96. The summed E-state index contributed by atoms with van der Waals surface area (Å²) >= 11 is 0. The van der Waals surface area contributed by atoms with E-state index < -0.39 is 0 Å². The van der Waals surface area contributed by atoms with Crippen molar-refractivity contribution in [2.24, 2.45) is 0 Å². The monoisotopic (exact) mass is 187 g/mol. The molecule has 3 heteroatoms. The minimum Gasteiger partial charge on any atom is -0.377 e. The maximum Gasteiger partial charge on any atom is 0.0985 e. The summed E-state index contributed by atoms with van der Waals surface area (Å²) in [6, 6.07) is 0.476. The molecule has 0 spiro atoms. The number of rotatable bonds is 2. The molecule has 0 aliphatic carbocycles. The largest absolute Gasteiger partial charge is 0.377 e. The van der Waals surface area contributed by atoms with Gasteiger partial charge in [-0.2, -0.15) is 0 Å². The number of likely N-dealkylation sites (N-methyl/N-ethyl adjacent to an activating group) is 1. The van der Waals surface area contributed by atoms with Crippen LogP contribution in [0, 0.1) is 0 Å². The molecule has 1 fully saturated rings. The highest BCUT2D eigenvalue weighted by atomic mass is 16.5. The van der Waals surface area contributed by atoms with Crippen LogP contribution in [0.4, 0.5) is 0 Å². The van der Waals surface area contributed by atoms with Gasteiger partial charge in [0.1, 0.15) is 0 Å².